The summed E-state index contributed by atoms with van der Waals surface area (Å²) >= 11 is 12.9. The molecular weight excluding hydrogens is 435 g/mol. The first-order valence-corrected chi connectivity index (χ1v) is 10.5. The van der Waals surface area contributed by atoms with Crippen LogP contribution in [0.25, 0.3) is 0 Å². The van der Waals surface area contributed by atoms with Gasteiger partial charge in [0.1, 0.15) is 11.5 Å². The topological polar surface area (TPSA) is 85.2 Å². The number of anilines is 2. The van der Waals surface area contributed by atoms with E-state index < -0.39 is 0 Å². The van der Waals surface area contributed by atoms with Gasteiger partial charge in [0.05, 0.1) is 30.8 Å². The highest BCUT2D eigenvalue weighted by Crippen LogP contribution is 2.40. The van der Waals surface area contributed by atoms with Crippen molar-refractivity contribution in [3.05, 3.63) is 63.3 Å². The highest BCUT2D eigenvalue weighted by Gasteiger charge is 2.17. The molecule has 4 N–H and O–H groups in total. The fourth-order valence-electron chi connectivity index (χ4n) is 3.11. The molecule has 0 bridgehead atoms. The van der Waals surface area contributed by atoms with Gasteiger partial charge in [-0.15, -0.1) is 0 Å². The molecule has 0 saturated heterocycles. The van der Waals surface area contributed by atoms with Crippen molar-refractivity contribution in [3.8, 4) is 23.3 Å². The van der Waals surface area contributed by atoms with Crippen molar-refractivity contribution in [2.45, 2.75) is 19.3 Å². The zero-order chi connectivity index (χ0) is 22.2. The van der Waals surface area contributed by atoms with E-state index in [1.165, 1.54) is 0 Å². The van der Waals surface area contributed by atoms with Gasteiger partial charge in [-0.05, 0) is 36.1 Å². The lowest BCUT2D eigenvalue weighted by Crippen LogP contribution is -1.98. The molecule has 8 heteroatoms. The maximum absolute atomic E-state index is 6.46. The predicted molar refractivity (Wildman–Crippen MR) is 126 cm³/mol. The van der Waals surface area contributed by atoms with Crippen molar-refractivity contribution in [1.82, 2.24) is 10.2 Å². The number of H-pyrrole nitrogens is 1. The summed E-state index contributed by atoms with van der Waals surface area (Å²) in [5, 5.41) is 11.7. The van der Waals surface area contributed by atoms with Crippen molar-refractivity contribution in [3.63, 3.8) is 0 Å². The van der Waals surface area contributed by atoms with Crippen molar-refractivity contribution < 1.29 is 9.47 Å². The molecule has 3 aromatic rings. The quantitative estimate of drug-likeness (QED) is 0.423. The largest absolute Gasteiger partial charge is 0.495 e. The number of ether oxygens (including phenoxy) is 2. The van der Waals surface area contributed by atoms with E-state index in [4.69, 9.17) is 38.4 Å². The smallest absolute Gasteiger partial charge is 0.152 e. The van der Waals surface area contributed by atoms with Gasteiger partial charge in [0.25, 0.3) is 0 Å². The number of aromatic nitrogens is 2. The summed E-state index contributed by atoms with van der Waals surface area (Å²) in [5.74, 6) is 7.69. The van der Waals surface area contributed by atoms with Gasteiger partial charge in [0.15, 0.2) is 5.82 Å². The molecule has 6 nitrogen and oxygen atoms in total. The van der Waals surface area contributed by atoms with Crippen LogP contribution in [-0.4, -0.2) is 31.0 Å². The fraction of sp³-hybridized carbons (Fsp3) is 0.261. The molecule has 0 fully saturated rings. The molecule has 0 radical (unpaired) electrons. The molecule has 0 spiro atoms. The number of methoxy groups -OCH3 is 2. The van der Waals surface area contributed by atoms with Crippen molar-refractivity contribution in [2.24, 2.45) is 5.73 Å². The van der Waals surface area contributed by atoms with E-state index in [1.54, 1.807) is 20.3 Å². The van der Waals surface area contributed by atoms with Crippen LogP contribution in [0.4, 0.5) is 11.5 Å². The highest BCUT2D eigenvalue weighted by atomic mass is 35.5. The number of halogens is 2. The van der Waals surface area contributed by atoms with Gasteiger partial charge in [0, 0.05) is 29.9 Å². The summed E-state index contributed by atoms with van der Waals surface area (Å²) in [7, 11) is 3.12. The van der Waals surface area contributed by atoms with Crippen molar-refractivity contribution in [2.75, 3.05) is 26.1 Å². The Bertz CT molecular complexity index is 1070. The summed E-state index contributed by atoms with van der Waals surface area (Å²) in [5.41, 5.74) is 9.18. The first-order valence-electron chi connectivity index (χ1n) is 9.70. The fourth-order valence-corrected chi connectivity index (χ4v) is 3.80. The summed E-state index contributed by atoms with van der Waals surface area (Å²) < 4.78 is 10.7. The number of benzene rings is 2. The van der Waals surface area contributed by atoms with E-state index in [2.05, 4.69) is 27.4 Å². The molecule has 0 atom stereocenters. The van der Waals surface area contributed by atoms with Gasteiger partial charge in [0.2, 0.25) is 0 Å². The number of nitrogens with one attached hydrogen (secondary N) is 2. The van der Waals surface area contributed by atoms with Crippen LogP contribution < -0.4 is 20.5 Å². The monoisotopic (exact) mass is 458 g/mol. The van der Waals surface area contributed by atoms with Gasteiger partial charge in [-0.1, -0.05) is 47.2 Å². The number of aryl methyl sites for hydroxylation is 1. The second-order valence-electron chi connectivity index (χ2n) is 6.73. The molecule has 0 amide bonds. The average molecular weight is 459 g/mol. The molecule has 31 heavy (non-hydrogen) atoms. The average Bonchev–Trinajstić information content (AvgIpc) is 3.21. The molecule has 0 unspecified atom stereocenters. The molecule has 162 valence electrons. The predicted octanol–water partition coefficient (Wildman–Crippen LogP) is 4.77. The maximum atomic E-state index is 6.46. The van der Waals surface area contributed by atoms with Crippen LogP contribution in [0.5, 0.6) is 11.5 Å². The van der Waals surface area contributed by atoms with E-state index in [1.807, 2.05) is 30.3 Å². The molecule has 2 aromatic carbocycles. The standard InChI is InChI=1S/C23H24Cl2N4O2/c1-30-19-14-20(31-2)23(25)18(22(19)24)10-9-17-13-21(29-28-17)27-16-8-5-7-15(12-16)6-3-4-11-26/h5,7-8,12-14H,6,9-11,26H2,1-2H3,(H2,27,28,29). The van der Waals surface area contributed by atoms with E-state index in [0.717, 1.165) is 28.3 Å². The third-order valence-corrected chi connectivity index (χ3v) is 5.49. The molecule has 0 aliphatic carbocycles. The third-order valence-electron chi connectivity index (χ3n) is 4.66. The summed E-state index contributed by atoms with van der Waals surface area (Å²) in [6, 6.07) is 11.7. The molecule has 3 rings (SSSR count). The minimum atomic E-state index is 0.368. The van der Waals surface area contributed by atoms with Gasteiger partial charge in [-0.3, -0.25) is 5.10 Å². The Morgan fingerprint density at radius 3 is 2.45 bits per heavy atom. The second-order valence-corrected chi connectivity index (χ2v) is 7.48. The Hall–Kier alpha value is -2.85. The zero-order valence-corrected chi connectivity index (χ0v) is 18.9. The van der Waals surface area contributed by atoms with E-state index >= 15 is 0 Å². The van der Waals surface area contributed by atoms with E-state index in [9.17, 15) is 0 Å². The second kappa shape index (κ2) is 11.0. The van der Waals surface area contributed by atoms with Crippen LogP contribution in [0.1, 0.15) is 16.8 Å². The number of nitrogens with two attached hydrogens (primary N) is 1. The number of rotatable bonds is 8. The van der Waals surface area contributed by atoms with Crippen LogP contribution in [0.15, 0.2) is 36.4 Å². The van der Waals surface area contributed by atoms with Gasteiger partial charge < -0.3 is 20.5 Å². The van der Waals surface area contributed by atoms with E-state index in [-0.39, 0.29) is 0 Å². The Morgan fingerprint density at radius 2 is 1.77 bits per heavy atom. The minimum absolute atomic E-state index is 0.368. The van der Waals surface area contributed by atoms with Gasteiger partial charge >= 0.3 is 0 Å². The Labute approximate surface area is 192 Å². The van der Waals surface area contributed by atoms with Crippen LogP contribution in [0, 0.1) is 11.8 Å². The van der Waals surface area contributed by atoms with Gasteiger partial charge in [-0.25, -0.2) is 0 Å². The SMILES string of the molecule is COc1cc(OC)c(Cl)c(CCc2cc(Nc3cccc(CC#CCN)c3)n[nH]2)c1Cl. The highest BCUT2D eigenvalue weighted by molar-refractivity contribution is 6.37. The van der Waals surface area contributed by atoms with Crippen LogP contribution in [-0.2, 0) is 19.3 Å². The van der Waals surface area contributed by atoms with Crippen molar-refractivity contribution in [1.29, 1.82) is 0 Å². The molecule has 1 aromatic heterocycles. The minimum Gasteiger partial charge on any atom is -0.495 e. The number of hydrogen-bond donors (Lipinski definition) is 3. The Morgan fingerprint density at radius 1 is 1.03 bits per heavy atom. The lowest BCUT2D eigenvalue weighted by molar-refractivity contribution is 0.393. The zero-order valence-electron chi connectivity index (χ0n) is 17.4. The van der Waals surface area contributed by atoms with Crippen LogP contribution in [0.2, 0.25) is 10.0 Å². The molecule has 0 aliphatic heterocycles. The van der Waals surface area contributed by atoms with Crippen LogP contribution >= 0.6 is 23.2 Å². The molecule has 1 heterocycles. The lowest BCUT2D eigenvalue weighted by atomic mass is 10.1. The van der Waals surface area contributed by atoms with Crippen molar-refractivity contribution >= 4 is 34.7 Å². The summed E-state index contributed by atoms with van der Waals surface area (Å²) in [6.45, 7) is 0.368. The molecule has 0 aliphatic rings. The first kappa shape index (κ1) is 22.8. The lowest BCUT2D eigenvalue weighted by Gasteiger charge is -2.14. The van der Waals surface area contributed by atoms with E-state index in [0.29, 0.717) is 47.4 Å². The molecular formula is C23H24Cl2N4O2. The normalized spacial score (nSPS) is 10.4. The molecule has 0 saturated carbocycles. The summed E-state index contributed by atoms with van der Waals surface area (Å²) in [4.78, 5) is 0. The third kappa shape index (κ3) is 5.86. The maximum Gasteiger partial charge on any atom is 0.152 e. The van der Waals surface area contributed by atoms with Gasteiger partial charge in [-0.2, -0.15) is 5.10 Å². The number of nitrogens with zero attached hydrogens (tertiary/aromatic N) is 1. The Balaban J connectivity index is 1.68. The first-order chi connectivity index (χ1) is 15.0. The summed E-state index contributed by atoms with van der Waals surface area (Å²) in [6.07, 6.45) is 1.92. The number of hydrogen-bond acceptors (Lipinski definition) is 5. The Kier molecular flexibility index (Phi) is 8.07. The number of aromatic amines is 1. The van der Waals surface area contributed by atoms with Crippen LogP contribution in [0.3, 0.4) is 0 Å².